The molecule has 1 fully saturated rings. The molecular formula is C10H12N2O2. The first-order chi connectivity index (χ1) is 6.88. The van der Waals surface area contributed by atoms with Gasteiger partial charge in [-0.2, -0.15) is 0 Å². The van der Waals surface area contributed by atoms with Crippen molar-refractivity contribution in [3.05, 3.63) is 24.3 Å². The van der Waals surface area contributed by atoms with Crippen molar-refractivity contribution in [3.8, 4) is 5.75 Å². The Morgan fingerprint density at radius 2 is 2.07 bits per heavy atom. The van der Waals surface area contributed by atoms with Gasteiger partial charge in [0.15, 0.2) is 0 Å². The zero-order valence-electron chi connectivity index (χ0n) is 7.69. The van der Waals surface area contributed by atoms with Gasteiger partial charge in [-0.1, -0.05) is 0 Å². The summed E-state index contributed by atoms with van der Waals surface area (Å²) in [5, 5.41) is 5.70. The Hall–Kier alpha value is -1.55. The Labute approximate surface area is 82.3 Å². The second-order valence-electron chi connectivity index (χ2n) is 3.18. The van der Waals surface area contributed by atoms with Crippen molar-refractivity contribution in [1.29, 1.82) is 0 Å². The Balaban J connectivity index is 1.94. The minimum Gasteiger partial charge on any atom is -0.488 e. The van der Waals surface area contributed by atoms with Crippen LogP contribution in [0.4, 0.5) is 5.69 Å². The van der Waals surface area contributed by atoms with Crippen LogP contribution in [0.1, 0.15) is 0 Å². The third-order valence-corrected chi connectivity index (χ3v) is 2.13. The number of amides is 1. The second kappa shape index (κ2) is 4.11. The van der Waals surface area contributed by atoms with Crippen molar-refractivity contribution in [2.75, 3.05) is 18.4 Å². The summed E-state index contributed by atoms with van der Waals surface area (Å²) in [5.74, 6) is 0.841. The first-order valence-electron chi connectivity index (χ1n) is 4.56. The number of hydrogen-bond donors (Lipinski definition) is 2. The van der Waals surface area contributed by atoms with Crippen LogP contribution < -0.4 is 15.4 Å². The Morgan fingerprint density at radius 1 is 1.36 bits per heavy atom. The number of carbonyl (C=O) groups excluding carboxylic acids is 1. The van der Waals surface area contributed by atoms with Crippen molar-refractivity contribution in [1.82, 2.24) is 5.32 Å². The molecule has 1 amide bonds. The number of hydrogen-bond acceptors (Lipinski definition) is 3. The second-order valence-corrected chi connectivity index (χ2v) is 3.18. The average molecular weight is 192 g/mol. The summed E-state index contributed by atoms with van der Waals surface area (Å²) in [5.41, 5.74) is 0.777. The van der Waals surface area contributed by atoms with E-state index >= 15 is 0 Å². The molecule has 4 heteroatoms. The molecule has 0 radical (unpaired) electrons. The third kappa shape index (κ3) is 2.03. The van der Waals surface area contributed by atoms with Gasteiger partial charge in [0.25, 0.3) is 0 Å². The van der Waals surface area contributed by atoms with Gasteiger partial charge in [0.1, 0.15) is 11.9 Å². The zero-order valence-corrected chi connectivity index (χ0v) is 7.69. The van der Waals surface area contributed by atoms with Gasteiger partial charge >= 0.3 is 0 Å². The SMILES string of the molecule is O=CNc1ccc(OC2CNC2)cc1. The van der Waals surface area contributed by atoms with Crippen LogP contribution in [0.5, 0.6) is 5.75 Å². The lowest BCUT2D eigenvalue weighted by Crippen LogP contribution is -2.50. The molecule has 0 bridgehead atoms. The van der Waals surface area contributed by atoms with E-state index in [1.54, 1.807) is 0 Å². The van der Waals surface area contributed by atoms with Crippen molar-refractivity contribution < 1.29 is 9.53 Å². The van der Waals surface area contributed by atoms with Gasteiger partial charge in [0.2, 0.25) is 6.41 Å². The minimum atomic E-state index is 0.292. The van der Waals surface area contributed by atoms with Crippen molar-refractivity contribution in [2.24, 2.45) is 0 Å². The fraction of sp³-hybridized carbons (Fsp3) is 0.300. The molecule has 0 unspecified atom stereocenters. The summed E-state index contributed by atoms with van der Waals surface area (Å²) in [4.78, 5) is 10.1. The molecule has 1 aliphatic rings. The first kappa shape index (κ1) is 9.02. The smallest absolute Gasteiger partial charge is 0.211 e. The average Bonchev–Trinajstić information content (AvgIpc) is 2.14. The van der Waals surface area contributed by atoms with E-state index in [1.807, 2.05) is 24.3 Å². The number of ether oxygens (including phenoxy) is 1. The molecule has 1 aromatic carbocycles. The Morgan fingerprint density at radius 3 is 2.57 bits per heavy atom. The number of carbonyl (C=O) groups is 1. The highest BCUT2D eigenvalue weighted by molar-refractivity contribution is 5.71. The van der Waals surface area contributed by atoms with Gasteiger partial charge in [0, 0.05) is 18.8 Å². The van der Waals surface area contributed by atoms with Crippen LogP contribution >= 0.6 is 0 Å². The Bertz CT molecular complexity index is 306. The monoisotopic (exact) mass is 192 g/mol. The molecule has 14 heavy (non-hydrogen) atoms. The lowest BCUT2D eigenvalue weighted by Gasteiger charge is -2.27. The molecule has 0 spiro atoms. The molecule has 1 saturated heterocycles. The van der Waals surface area contributed by atoms with Gasteiger partial charge in [-0.3, -0.25) is 4.79 Å². The van der Waals surface area contributed by atoms with Crippen LogP contribution in [0.25, 0.3) is 0 Å². The molecule has 1 aliphatic heterocycles. The van der Waals surface area contributed by atoms with Crippen LogP contribution in [0.3, 0.4) is 0 Å². The number of anilines is 1. The van der Waals surface area contributed by atoms with Gasteiger partial charge in [-0.05, 0) is 24.3 Å². The van der Waals surface area contributed by atoms with Crippen LogP contribution in [0.2, 0.25) is 0 Å². The lowest BCUT2D eigenvalue weighted by molar-refractivity contribution is -0.105. The van der Waals surface area contributed by atoms with Crippen LogP contribution in [-0.4, -0.2) is 25.6 Å². The molecule has 74 valence electrons. The molecule has 2 N–H and O–H groups in total. The zero-order chi connectivity index (χ0) is 9.80. The fourth-order valence-electron chi connectivity index (χ4n) is 1.24. The van der Waals surface area contributed by atoms with Gasteiger partial charge in [-0.25, -0.2) is 0 Å². The molecule has 1 heterocycles. The Kier molecular flexibility index (Phi) is 2.65. The van der Waals surface area contributed by atoms with Crippen LogP contribution in [-0.2, 0) is 4.79 Å². The highest BCUT2D eigenvalue weighted by Gasteiger charge is 2.17. The maximum Gasteiger partial charge on any atom is 0.211 e. The molecule has 0 aromatic heterocycles. The maximum absolute atomic E-state index is 10.1. The minimum absolute atomic E-state index is 0.292. The molecule has 4 nitrogen and oxygen atoms in total. The standard InChI is InChI=1S/C10H12N2O2/c13-7-12-8-1-3-9(4-2-8)14-10-5-11-6-10/h1-4,7,10-11H,5-6H2,(H,12,13). The van der Waals surface area contributed by atoms with E-state index in [9.17, 15) is 4.79 Å². The summed E-state index contributed by atoms with van der Waals surface area (Å²) in [7, 11) is 0. The van der Waals surface area contributed by atoms with E-state index in [1.165, 1.54) is 0 Å². The molecule has 0 saturated carbocycles. The summed E-state index contributed by atoms with van der Waals surface area (Å²) in [6.45, 7) is 1.82. The van der Waals surface area contributed by atoms with E-state index in [0.29, 0.717) is 12.5 Å². The summed E-state index contributed by atoms with van der Waals surface area (Å²) in [6.07, 6.45) is 0.950. The van der Waals surface area contributed by atoms with Crippen LogP contribution in [0.15, 0.2) is 24.3 Å². The van der Waals surface area contributed by atoms with Gasteiger partial charge in [0.05, 0.1) is 0 Å². The largest absolute Gasteiger partial charge is 0.488 e. The van der Waals surface area contributed by atoms with E-state index < -0.39 is 0 Å². The number of benzene rings is 1. The van der Waals surface area contributed by atoms with Crippen LogP contribution in [0, 0.1) is 0 Å². The van der Waals surface area contributed by atoms with E-state index in [2.05, 4.69) is 10.6 Å². The summed E-state index contributed by atoms with van der Waals surface area (Å²) >= 11 is 0. The fourth-order valence-corrected chi connectivity index (χ4v) is 1.24. The highest BCUT2D eigenvalue weighted by atomic mass is 16.5. The predicted octanol–water partition coefficient (Wildman–Crippen LogP) is 0.605. The van der Waals surface area contributed by atoms with Gasteiger partial charge < -0.3 is 15.4 Å². The summed E-state index contributed by atoms with van der Waals surface area (Å²) in [6, 6.07) is 7.33. The highest BCUT2D eigenvalue weighted by Crippen LogP contribution is 2.17. The lowest BCUT2D eigenvalue weighted by atomic mass is 10.2. The van der Waals surface area contributed by atoms with Crippen molar-refractivity contribution in [2.45, 2.75) is 6.10 Å². The molecule has 1 aromatic rings. The number of rotatable bonds is 4. The summed E-state index contributed by atoms with van der Waals surface area (Å²) < 4.78 is 5.60. The van der Waals surface area contributed by atoms with Crippen molar-refractivity contribution in [3.63, 3.8) is 0 Å². The molecule has 0 atom stereocenters. The maximum atomic E-state index is 10.1. The topological polar surface area (TPSA) is 50.4 Å². The number of nitrogens with one attached hydrogen (secondary N) is 2. The predicted molar refractivity (Wildman–Crippen MR) is 53.4 cm³/mol. The van der Waals surface area contributed by atoms with Crippen molar-refractivity contribution >= 4 is 12.1 Å². The first-order valence-corrected chi connectivity index (χ1v) is 4.56. The quantitative estimate of drug-likeness (QED) is 0.687. The normalized spacial score (nSPS) is 15.7. The van der Waals surface area contributed by atoms with E-state index in [0.717, 1.165) is 24.5 Å². The van der Waals surface area contributed by atoms with Gasteiger partial charge in [-0.15, -0.1) is 0 Å². The molecule has 0 aliphatic carbocycles. The van der Waals surface area contributed by atoms with E-state index in [-0.39, 0.29) is 0 Å². The van der Waals surface area contributed by atoms with E-state index in [4.69, 9.17) is 4.74 Å². The molecule has 2 rings (SSSR count). The molecular weight excluding hydrogens is 180 g/mol. The third-order valence-electron chi connectivity index (χ3n) is 2.13.